The molecule has 1 heterocycles. The summed E-state index contributed by atoms with van der Waals surface area (Å²) in [6.45, 7) is 9.34. The maximum atomic E-state index is 13.2. The summed E-state index contributed by atoms with van der Waals surface area (Å²) in [7, 11) is 2.03. The molecule has 2 aromatic carbocycles. The molecule has 0 N–H and O–H groups in total. The fourth-order valence-electron chi connectivity index (χ4n) is 5.23. The van der Waals surface area contributed by atoms with Crippen molar-refractivity contribution in [1.82, 2.24) is 4.57 Å². The van der Waals surface area contributed by atoms with Gasteiger partial charge < -0.3 is 9.47 Å². The second-order valence-electron chi connectivity index (χ2n) is 9.96. The summed E-state index contributed by atoms with van der Waals surface area (Å²) in [5.74, 6) is 3.17. The SMILES string of the molecule is Cc1ccccc1OCc1n(CC(=O)O[C@@H]2C[C@@H](C)CC[C@H]2C(C)C)c2ccccc2[n+]1C. The number of fused-ring (bicyclic) bond motifs is 1. The van der Waals surface area contributed by atoms with Crippen molar-refractivity contribution in [3.05, 3.63) is 59.9 Å². The minimum atomic E-state index is -0.168. The van der Waals surface area contributed by atoms with E-state index in [1.165, 1.54) is 6.42 Å². The predicted molar refractivity (Wildman–Crippen MR) is 130 cm³/mol. The molecule has 0 radical (unpaired) electrons. The van der Waals surface area contributed by atoms with E-state index in [-0.39, 0.29) is 18.6 Å². The lowest BCUT2D eigenvalue weighted by Gasteiger charge is -2.36. The summed E-state index contributed by atoms with van der Waals surface area (Å²) in [4.78, 5) is 13.2. The van der Waals surface area contributed by atoms with Crippen LogP contribution in [0.2, 0.25) is 0 Å². The fraction of sp³-hybridized carbons (Fsp3) is 0.500. The van der Waals surface area contributed by atoms with E-state index in [0.29, 0.717) is 24.4 Å². The summed E-state index contributed by atoms with van der Waals surface area (Å²) < 4.78 is 16.5. The molecule has 3 atom stereocenters. The number of carbonyl (C=O) groups is 1. The molecule has 0 saturated heterocycles. The monoisotopic (exact) mass is 449 g/mol. The van der Waals surface area contributed by atoms with E-state index in [9.17, 15) is 4.79 Å². The van der Waals surface area contributed by atoms with Crippen LogP contribution in [-0.2, 0) is 29.7 Å². The Morgan fingerprint density at radius 3 is 2.61 bits per heavy atom. The van der Waals surface area contributed by atoms with E-state index in [1.54, 1.807) is 0 Å². The first kappa shape index (κ1) is 23.3. The van der Waals surface area contributed by atoms with Crippen LogP contribution in [-0.4, -0.2) is 16.6 Å². The van der Waals surface area contributed by atoms with Crippen LogP contribution in [0.3, 0.4) is 0 Å². The fourth-order valence-corrected chi connectivity index (χ4v) is 5.23. The van der Waals surface area contributed by atoms with Crippen LogP contribution >= 0.6 is 0 Å². The van der Waals surface area contributed by atoms with Gasteiger partial charge in [0, 0.05) is 0 Å². The van der Waals surface area contributed by atoms with Crippen molar-refractivity contribution in [2.24, 2.45) is 24.8 Å². The zero-order valence-electron chi connectivity index (χ0n) is 20.6. The second-order valence-corrected chi connectivity index (χ2v) is 9.96. The van der Waals surface area contributed by atoms with Crippen molar-refractivity contribution in [2.75, 3.05) is 0 Å². The predicted octanol–water partition coefficient (Wildman–Crippen LogP) is 5.36. The Balaban J connectivity index is 1.58. The van der Waals surface area contributed by atoms with Gasteiger partial charge in [0.2, 0.25) is 0 Å². The number of para-hydroxylation sites is 3. The molecule has 33 heavy (non-hydrogen) atoms. The van der Waals surface area contributed by atoms with E-state index < -0.39 is 0 Å². The zero-order chi connectivity index (χ0) is 23.5. The Morgan fingerprint density at radius 2 is 1.85 bits per heavy atom. The molecule has 5 nitrogen and oxygen atoms in total. The number of aryl methyl sites for hydroxylation is 2. The zero-order valence-corrected chi connectivity index (χ0v) is 20.6. The van der Waals surface area contributed by atoms with E-state index >= 15 is 0 Å². The maximum absolute atomic E-state index is 13.2. The molecule has 1 aliphatic rings. The topological polar surface area (TPSA) is 44.3 Å². The first-order chi connectivity index (χ1) is 15.8. The summed E-state index contributed by atoms with van der Waals surface area (Å²) in [6, 6.07) is 16.2. The Bertz CT molecular complexity index is 1120. The number of hydrogen-bond acceptors (Lipinski definition) is 3. The lowest BCUT2D eigenvalue weighted by molar-refractivity contribution is -0.655. The third kappa shape index (κ3) is 5.07. The third-order valence-corrected chi connectivity index (χ3v) is 7.21. The average molecular weight is 450 g/mol. The van der Waals surface area contributed by atoms with Crippen LogP contribution in [0.15, 0.2) is 48.5 Å². The quantitative estimate of drug-likeness (QED) is 0.360. The number of aromatic nitrogens is 2. The number of esters is 1. The molecule has 4 rings (SSSR count). The molecule has 1 fully saturated rings. The summed E-state index contributed by atoms with van der Waals surface area (Å²) in [5, 5.41) is 0. The minimum Gasteiger partial charge on any atom is -0.481 e. The Hall–Kier alpha value is -2.82. The van der Waals surface area contributed by atoms with E-state index in [4.69, 9.17) is 9.47 Å². The number of rotatable bonds is 7. The van der Waals surface area contributed by atoms with Gasteiger partial charge in [-0.3, -0.25) is 0 Å². The molecule has 1 aliphatic carbocycles. The van der Waals surface area contributed by atoms with Crippen LogP contribution in [0, 0.1) is 24.7 Å². The van der Waals surface area contributed by atoms with Crippen molar-refractivity contribution in [3.8, 4) is 5.75 Å². The van der Waals surface area contributed by atoms with Crippen LogP contribution in [0.5, 0.6) is 5.75 Å². The Kier molecular flexibility index (Phi) is 7.06. The Morgan fingerprint density at radius 1 is 1.12 bits per heavy atom. The van der Waals surface area contributed by atoms with Gasteiger partial charge in [0.1, 0.15) is 11.9 Å². The average Bonchev–Trinajstić information content (AvgIpc) is 3.04. The van der Waals surface area contributed by atoms with Crippen molar-refractivity contribution in [2.45, 2.75) is 66.2 Å². The molecule has 0 amide bonds. The molecule has 0 aliphatic heterocycles. The standard InChI is InChI=1S/C28H37N2O3/c1-19(2)22-15-14-20(3)16-26(22)33-28(31)17-30-24-12-8-7-11-23(24)29(5)27(30)18-32-25-13-9-6-10-21(25)4/h6-13,19-20,22,26H,14-18H2,1-5H3/q+1/t20-,22-,26+/m0/s1. The van der Waals surface area contributed by atoms with Gasteiger partial charge in [0.15, 0.2) is 24.2 Å². The first-order valence-corrected chi connectivity index (χ1v) is 12.2. The van der Waals surface area contributed by atoms with Crippen LogP contribution in [0.4, 0.5) is 0 Å². The molecule has 0 spiro atoms. The second kappa shape index (κ2) is 9.98. The number of carbonyl (C=O) groups excluding carboxylic acids is 1. The normalized spacial score (nSPS) is 20.8. The smallest absolute Gasteiger partial charge is 0.348 e. The van der Waals surface area contributed by atoms with Gasteiger partial charge in [0.25, 0.3) is 5.82 Å². The molecule has 3 aromatic rings. The van der Waals surface area contributed by atoms with E-state index in [0.717, 1.165) is 41.0 Å². The molecule has 5 heteroatoms. The molecule has 0 unspecified atom stereocenters. The highest BCUT2D eigenvalue weighted by atomic mass is 16.5. The van der Waals surface area contributed by atoms with Gasteiger partial charge in [-0.2, -0.15) is 0 Å². The molecular weight excluding hydrogens is 412 g/mol. The first-order valence-electron chi connectivity index (χ1n) is 12.2. The lowest BCUT2D eigenvalue weighted by atomic mass is 9.75. The van der Waals surface area contributed by atoms with Gasteiger partial charge in [-0.1, -0.05) is 57.5 Å². The van der Waals surface area contributed by atoms with Gasteiger partial charge >= 0.3 is 5.97 Å². The summed E-state index contributed by atoms with van der Waals surface area (Å²) in [5.41, 5.74) is 3.17. The third-order valence-electron chi connectivity index (χ3n) is 7.21. The molecular formula is C28H37N2O3+. The van der Waals surface area contributed by atoms with E-state index in [2.05, 4.69) is 37.5 Å². The maximum Gasteiger partial charge on any atom is 0.348 e. The summed E-state index contributed by atoms with van der Waals surface area (Å²) in [6.07, 6.45) is 3.31. The number of ether oxygens (including phenoxy) is 2. The molecule has 0 bridgehead atoms. The Labute approximate surface area is 197 Å². The minimum absolute atomic E-state index is 0.00324. The molecule has 176 valence electrons. The molecule has 1 saturated carbocycles. The van der Waals surface area contributed by atoms with Gasteiger partial charge in [-0.25, -0.2) is 13.9 Å². The van der Waals surface area contributed by atoms with Crippen LogP contribution in [0.1, 0.15) is 51.4 Å². The van der Waals surface area contributed by atoms with Crippen molar-refractivity contribution in [3.63, 3.8) is 0 Å². The van der Waals surface area contributed by atoms with Crippen molar-refractivity contribution in [1.29, 1.82) is 0 Å². The van der Waals surface area contributed by atoms with Gasteiger partial charge in [0.05, 0.1) is 7.05 Å². The van der Waals surface area contributed by atoms with Crippen LogP contribution in [0.25, 0.3) is 11.0 Å². The number of benzene rings is 2. The largest absolute Gasteiger partial charge is 0.481 e. The van der Waals surface area contributed by atoms with Crippen molar-refractivity contribution < 1.29 is 18.8 Å². The van der Waals surface area contributed by atoms with Gasteiger partial charge in [-0.15, -0.1) is 0 Å². The van der Waals surface area contributed by atoms with Crippen molar-refractivity contribution >= 4 is 17.0 Å². The number of hydrogen-bond donors (Lipinski definition) is 0. The number of imidazole rings is 1. The highest BCUT2D eigenvalue weighted by Gasteiger charge is 2.34. The highest BCUT2D eigenvalue weighted by Crippen LogP contribution is 2.35. The number of nitrogens with zero attached hydrogens (tertiary/aromatic N) is 2. The highest BCUT2D eigenvalue weighted by molar-refractivity contribution is 5.76. The lowest BCUT2D eigenvalue weighted by Crippen LogP contribution is -2.37. The van der Waals surface area contributed by atoms with Crippen LogP contribution < -0.4 is 9.30 Å². The van der Waals surface area contributed by atoms with E-state index in [1.807, 2.05) is 54.9 Å². The van der Waals surface area contributed by atoms with Gasteiger partial charge in [-0.05, 0) is 61.3 Å². The summed E-state index contributed by atoms with van der Waals surface area (Å²) >= 11 is 0. The molecule has 1 aromatic heterocycles.